The largest absolute Gasteiger partial charge is 0.405 e. The second-order valence-electron chi connectivity index (χ2n) is 5.33. The molecule has 1 aliphatic rings. The van der Waals surface area contributed by atoms with Crippen molar-refractivity contribution in [2.45, 2.75) is 45.5 Å². The highest BCUT2D eigenvalue weighted by molar-refractivity contribution is 5.78. The lowest BCUT2D eigenvalue weighted by molar-refractivity contribution is -0.139. The summed E-state index contributed by atoms with van der Waals surface area (Å²) in [6, 6.07) is 0.0840. The molecule has 1 amide bonds. The van der Waals surface area contributed by atoms with Crippen LogP contribution in [0.3, 0.4) is 0 Å². The van der Waals surface area contributed by atoms with Crippen molar-refractivity contribution in [3.63, 3.8) is 0 Å². The molecule has 1 fully saturated rings. The van der Waals surface area contributed by atoms with Gasteiger partial charge < -0.3 is 15.4 Å². The van der Waals surface area contributed by atoms with Gasteiger partial charge in [0.2, 0.25) is 5.91 Å². The van der Waals surface area contributed by atoms with E-state index in [-0.39, 0.29) is 24.1 Å². The van der Waals surface area contributed by atoms with Gasteiger partial charge in [0.1, 0.15) is 6.54 Å². The first-order valence-corrected chi connectivity index (χ1v) is 6.35. The minimum atomic E-state index is -4.37. The van der Waals surface area contributed by atoms with Crippen LogP contribution in [0.2, 0.25) is 0 Å². The predicted octanol–water partition coefficient (Wildman–Crippen LogP) is 1.46. The van der Waals surface area contributed by atoms with E-state index in [4.69, 9.17) is 4.74 Å². The van der Waals surface area contributed by atoms with Crippen molar-refractivity contribution in [1.82, 2.24) is 10.6 Å². The van der Waals surface area contributed by atoms with Crippen molar-refractivity contribution in [2.75, 3.05) is 19.7 Å². The lowest BCUT2D eigenvalue weighted by atomic mass is 9.64. The van der Waals surface area contributed by atoms with Gasteiger partial charge in [-0.1, -0.05) is 13.8 Å². The number of ether oxygens (including phenoxy) is 1. The monoisotopic (exact) mass is 282 g/mol. The summed E-state index contributed by atoms with van der Waals surface area (Å²) in [6.45, 7) is 5.19. The number of rotatable bonds is 6. The molecule has 0 aromatic heterocycles. The molecule has 0 radical (unpaired) electrons. The molecule has 7 heteroatoms. The molecule has 0 heterocycles. The summed E-state index contributed by atoms with van der Waals surface area (Å²) < 4.78 is 41.2. The number of carbonyl (C=O) groups is 1. The number of amides is 1. The van der Waals surface area contributed by atoms with Gasteiger partial charge >= 0.3 is 6.18 Å². The number of alkyl halides is 3. The standard InChI is InChI=1S/C12H21F3N2O2/c1-4-19-9-5-8(11(9,2)3)16-6-10(18)17-7-12(13,14)15/h8-9,16H,4-7H2,1-3H3,(H,17,18). The molecule has 19 heavy (non-hydrogen) atoms. The fraction of sp³-hybridized carbons (Fsp3) is 0.917. The van der Waals surface area contributed by atoms with Crippen LogP contribution in [-0.2, 0) is 9.53 Å². The Balaban J connectivity index is 2.25. The molecular weight excluding hydrogens is 261 g/mol. The average molecular weight is 282 g/mol. The van der Waals surface area contributed by atoms with Crippen molar-refractivity contribution in [1.29, 1.82) is 0 Å². The summed E-state index contributed by atoms with van der Waals surface area (Å²) in [5.74, 6) is -0.645. The zero-order valence-electron chi connectivity index (χ0n) is 11.4. The third-order valence-electron chi connectivity index (χ3n) is 3.54. The van der Waals surface area contributed by atoms with Crippen LogP contribution in [0.25, 0.3) is 0 Å². The van der Waals surface area contributed by atoms with E-state index >= 15 is 0 Å². The molecule has 2 atom stereocenters. The van der Waals surface area contributed by atoms with Gasteiger partial charge in [-0.25, -0.2) is 0 Å². The topological polar surface area (TPSA) is 50.4 Å². The van der Waals surface area contributed by atoms with Gasteiger partial charge in [0, 0.05) is 18.1 Å². The van der Waals surface area contributed by atoms with E-state index < -0.39 is 18.6 Å². The van der Waals surface area contributed by atoms with E-state index in [1.54, 1.807) is 0 Å². The highest BCUT2D eigenvalue weighted by Gasteiger charge is 2.48. The van der Waals surface area contributed by atoms with Gasteiger partial charge in [-0.3, -0.25) is 4.79 Å². The Kier molecular flexibility index (Phi) is 5.20. The van der Waals surface area contributed by atoms with Gasteiger partial charge in [0.15, 0.2) is 0 Å². The fourth-order valence-electron chi connectivity index (χ4n) is 2.19. The summed E-state index contributed by atoms with van der Waals surface area (Å²) in [4.78, 5) is 11.2. The molecule has 0 aromatic rings. The predicted molar refractivity (Wildman–Crippen MR) is 64.7 cm³/mol. The van der Waals surface area contributed by atoms with Crippen LogP contribution in [0.5, 0.6) is 0 Å². The molecule has 0 bridgehead atoms. The Morgan fingerprint density at radius 1 is 1.42 bits per heavy atom. The van der Waals surface area contributed by atoms with Gasteiger partial charge in [-0.15, -0.1) is 0 Å². The summed E-state index contributed by atoms with van der Waals surface area (Å²) in [5, 5.41) is 4.81. The van der Waals surface area contributed by atoms with Crippen molar-refractivity contribution in [2.24, 2.45) is 5.41 Å². The van der Waals surface area contributed by atoms with Crippen LogP contribution in [0.4, 0.5) is 13.2 Å². The molecule has 112 valence electrons. The molecule has 0 spiro atoms. The zero-order valence-corrected chi connectivity index (χ0v) is 11.4. The van der Waals surface area contributed by atoms with E-state index in [9.17, 15) is 18.0 Å². The Bertz CT molecular complexity index is 319. The third kappa shape index (κ3) is 4.65. The minimum absolute atomic E-state index is 0.0840. The Hall–Kier alpha value is -0.820. The highest BCUT2D eigenvalue weighted by atomic mass is 19.4. The van der Waals surface area contributed by atoms with E-state index in [0.29, 0.717) is 6.61 Å². The summed E-state index contributed by atoms with van der Waals surface area (Å²) in [6.07, 6.45) is -3.47. The van der Waals surface area contributed by atoms with Crippen molar-refractivity contribution in [3.8, 4) is 0 Å². The molecule has 1 aliphatic carbocycles. The van der Waals surface area contributed by atoms with Crippen LogP contribution in [-0.4, -0.2) is 43.9 Å². The van der Waals surface area contributed by atoms with E-state index in [2.05, 4.69) is 5.32 Å². The van der Waals surface area contributed by atoms with Crippen LogP contribution < -0.4 is 10.6 Å². The lowest BCUT2D eigenvalue weighted by Gasteiger charge is -2.51. The molecule has 4 nitrogen and oxygen atoms in total. The Labute approximate surface area is 111 Å². The van der Waals surface area contributed by atoms with Crippen LogP contribution in [0.1, 0.15) is 27.2 Å². The molecule has 0 aliphatic heterocycles. The third-order valence-corrected chi connectivity index (χ3v) is 3.54. The number of halogens is 3. The first-order chi connectivity index (χ1) is 8.66. The Morgan fingerprint density at radius 2 is 2.05 bits per heavy atom. The number of nitrogens with one attached hydrogen (secondary N) is 2. The van der Waals surface area contributed by atoms with E-state index in [0.717, 1.165) is 6.42 Å². The molecule has 0 saturated heterocycles. The van der Waals surface area contributed by atoms with Crippen molar-refractivity contribution in [3.05, 3.63) is 0 Å². The average Bonchev–Trinajstić information content (AvgIpc) is 2.29. The second kappa shape index (κ2) is 6.09. The molecule has 2 unspecified atom stereocenters. The molecule has 1 rings (SSSR count). The minimum Gasteiger partial charge on any atom is -0.378 e. The van der Waals surface area contributed by atoms with E-state index in [1.165, 1.54) is 0 Å². The maximum atomic E-state index is 11.9. The van der Waals surface area contributed by atoms with Gasteiger partial charge in [0.25, 0.3) is 0 Å². The summed E-state index contributed by atoms with van der Waals surface area (Å²) >= 11 is 0. The quantitative estimate of drug-likeness (QED) is 0.775. The lowest BCUT2D eigenvalue weighted by Crippen LogP contribution is -2.62. The summed E-state index contributed by atoms with van der Waals surface area (Å²) in [5.41, 5.74) is -0.111. The normalized spacial score (nSPS) is 25.8. The molecule has 1 saturated carbocycles. The molecule has 0 aromatic carbocycles. The van der Waals surface area contributed by atoms with E-state index in [1.807, 2.05) is 26.1 Å². The van der Waals surface area contributed by atoms with Crippen LogP contribution >= 0.6 is 0 Å². The maximum absolute atomic E-state index is 11.9. The molecular formula is C12H21F3N2O2. The van der Waals surface area contributed by atoms with Crippen LogP contribution in [0.15, 0.2) is 0 Å². The molecule has 2 N–H and O–H groups in total. The fourth-order valence-corrected chi connectivity index (χ4v) is 2.19. The number of carbonyl (C=O) groups excluding carboxylic acids is 1. The summed E-state index contributed by atoms with van der Waals surface area (Å²) in [7, 11) is 0. The van der Waals surface area contributed by atoms with Gasteiger partial charge in [-0.05, 0) is 13.3 Å². The Morgan fingerprint density at radius 3 is 2.53 bits per heavy atom. The van der Waals surface area contributed by atoms with Gasteiger partial charge in [-0.2, -0.15) is 13.2 Å². The zero-order chi connectivity index (χ0) is 14.7. The number of hydrogen-bond donors (Lipinski definition) is 2. The van der Waals surface area contributed by atoms with Crippen molar-refractivity contribution >= 4 is 5.91 Å². The second-order valence-corrected chi connectivity index (χ2v) is 5.33. The first kappa shape index (κ1) is 16.2. The smallest absolute Gasteiger partial charge is 0.378 e. The van der Waals surface area contributed by atoms with Gasteiger partial charge in [0.05, 0.1) is 12.6 Å². The maximum Gasteiger partial charge on any atom is 0.405 e. The highest BCUT2D eigenvalue weighted by Crippen LogP contribution is 2.42. The van der Waals surface area contributed by atoms with Crippen LogP contribution in [0, 0.1) is 5.41 Å². The number of hydrogen-bond acceptors (Lipinski definition) is 3. The first-order valence-electron chi connectivity index (χ1n) is 6.35. The SMILES string of the molecule is CCOC1CC(NCC(=O)NCC(F)(F)F)C1(C)C. The van der Waals surface area contributed by atoms with Crippen molar-refractivity contribution < 1.29 is 22.7 Å².